The number of hydrogen-bond donors (Lipinski definition) is 1. The van der Waals surface area contributed by atoms with Crippen LogP contribution in [0.25, 0.3) is 11.0 Å². The van der Waals surface area contributed by atoms with Crippen molar-refractivity contribution in [2.24, 2.45) is 0 Å². The highest BCUT2D eigenvalue weighted by Gasteiger charge is 2.08. The lowest BCUT2D eigenvalue weighted by molar-refractivity contribution is 0.583. The van der Waals surface area contributed by atoms with Crippen molar-refractivity contribution in [3.63, 3.8) is 0 Å². The van der Waals surface area contributed by atoms with Crippen LogP contribution in [-0.4, -0.2) is 13.1 Å². The molecule has 0 aliphatic carbocycles. The first-order valence-electron chi connectivity index (χ1n) is 5.03. The second kappa shape index (κ2) is 4.25. The van der Waals surface area contributed by atoms with E-state index in [0.29, 0.717) is 11.1 Å². The SMILES string of the molecule is CNC(C)Cc1coc2cc(Cl)ccc12. The first kappa shape index (κ1) is 10.5. The zero-order valence-electron chi connectivity index (χ0n) is 8.88. The lowest BCUT2D eigenvalue weighted by Gasteiger charge is -2.07. The van der Waals surface area contributed by atoms with Crippen molar-refractivity contribution in [2.45, 2.75) is 19.4 Å². The average molecular weight is 224 g/mol. The monoisotopic (exact) mass is 223 g/mol. The van der Waals surface area contributed by atoms with Gasteiger partial charge in [-0.05, 0) is 44.2 Å². The zero-order chi connectivity index (χ0) is 10.8. The second-order valence-electron chi connectivity index (χ2n) is 3.80. The molecule has 1 unspecified atom stereocenters. The summed E-state index contributed by atoms with van der Waals surface area (Å²) < 4.78 is 5.46. The molecule has 0 aliphatic heterocycles. The summed E-state index contributed by atoms with van der Waals surface area (Å²) in [5.74, 6) is 0. The van der Waals surface area contributed by atoms with Gasteiger partial charge in [0.25, 0.3) is 0 Å². The third-order valence-corrected chi connectivity index (χ3v) is 2.87. The van der Waals surface area contributed by atoms with Gasteiger partial charge >= 0.3 is 0 Å². The fourth-order valence-corrected chi connectivity index (χ4v) is 1.81. The molecule has 80 valence electrons. The Hall–Kier alpha value is -0.990. The fourth-order valence-electron chi connectivity index (χ4n) is 1.65. The summed E-state index contributed by atoms with van der Waals surface area (Å²) in [6.45, 7) is 2.15. The maximum absolute atomic E-state index is 5.89. The largest absolute Gasteiger partial charge is 0.464 e. The number of likely N-dealkylation sites (N-methyl/N-ethyl adjacent to an activating group) is 1. The third kappa shape index (κ3) is 2.16. The molecule has 3 heteroatoms. The molecule has 2 aromatic rings. The van der Waals surface area contributed by atoms with E-state index in [9.17, 15) is 0 Å². The van der Waals surface area contributed by atoms with Gasteiger partial charge in [-0.25, -0.2) is 0 Å². The Kier molecular flexibility index (Phi) is 2.98. The van der Waals surface area contributed by atoms with Crippen LogP contribution in [0.5, 0.6) is 0 Å². The molecule has 0 fully saturated rings. The highest BCUT2D eigenvalue weighted by molar-refractivity contribution is 6.31. The predicted octanol–water partition coefficient (Wildman–Crippen LogP) is 3.24. The van der Waals surface area contributed by atoms with Gasteiger partial charge in [0, 0.05) is 16.5 Å². The standard InChI is InChI=1S/C12H14ClNO/c1-8(14-2)5-9-7-15-12-6-10(13)3-4-11(9)12/h3-4,6-8,14H,5H2,1-2H3. The molecule has 15 heavy (non-hydrogen) atoms. The molecule has 2 nitrogen and oxygen atoms in total. The first-order chi connectivity index (χ1) is 7.20. The Labute approximate surface area is 94.2 Å². The van der Waals surface area contributed by atoms with E-state index in [-0.39, 0.29) is 0 Å². The van der Waals surface area contributed by atoms with Crippen LogP contribution >= 0.6 is 11.6 Å². The maximum Gasteiger partial charge on any atom is 0.135 e. The van der Waals surface area contributed by atoms with E-state index in [1.807, 2.05) is 31.5 Å². The molecule has 2 rings (SSSR count). The number of fused-ring (bicyclic) bond motifs is 1. The molecule has 0 amide bonds. The number of nitrogens with one attached hydrogen (secondary N) is 1. The highest BCUT2D eigenvalue weighted by Crippen LogP contribution is 2.25. The summed E-state index contributed by atoms with van der Waals surface area (Å²) in [7, 11) is 1.96. The number of benzene rings is 1. The van der Waals surface area contributed by atoms with Crippen LogP contribution in [0.15, 0.2) is 28.9 Å². The fraction of sp³-hybridized carbons (Fsp3) is 0.333. The smallest absolute Gasteiger partial charge is 0.135 e. The van der Waals surface area contributed by atoms with Crippen molar-refractivity contribution in [1.82, 2.24) is 5.32 Å². The summed E-state index contributed by atoms with van der Waals surface area (Å²) in [5, 5.41) is 5.08. The molecule has 0 radical (unpaired) electrons. The van der Waals surface area contributed by atoms with Crippen molar-refractivity contribution >= 4 is 22.6 Å². The van der Waals surface area contributed by atoms with Crippen LogP contribution < -0.4 is 5.32 Å². The Morgan fingerprint density at radius 1 is 1.47 bits per heavy atom. The van der Waals surface area contributed by atoms with Crippen molar-refractivity contribution in [3.05, 3.63) is 35.0 Å². The first-order valence-corrected chi connectivity index (χ1v) is 5.41. The van der Waals surface area contributed by atoms with Gasteiger partial charge in [0.2, 0.25) is 0 Å². The maximum atomic E-state index is 5.89. The van der Waals surface area contributed by atoms with E-state index in [2.05, 4.69) is 12.2 Å². The van der Waals surface area contributed by atoms with Crippen molar-refractivity contribution in [2.75, 3.05) is 7.05 Å². The van der Waals surface area contributed by atoms with E-state index < -0.39 is 0 Å². The van der Waals surface area contributed by atoms with Crippen LogP contribution in [0.4, 0.5) is 0 Å². The molecule has 0 saturated carbocycles. The Balaban J connectivity index is 2.36. The third-order valence-electron chi connectivity index (χ3n) is 2.64. The second-order valence-corrected chi connectivity index (χ2v) is 4.23. The van der Waals surface area contributed by atoms with E-state index in [1.165, 1.54) is 5.56 Å². The lowest BCUT2D eigenvalue weighted by atomic mass is 10.1. The number of hydrogen-bond acceptors (Lipinski definition) is 2. The average Bonchev–Trinajstić information content (AvgIpc) is 2.60. The van der Waals surface area contributed by atoms with Crippen molar-refractivity contribution in [3.8, 4) is 0 Å². The minimum absolute atomic E-state index is 0.446. The van der Waals surface area contributed by atoms with Crippen LogP contribution in [0, 0.1) is 0 Å². The van der Waals surface area contributed by atoms with Crippen LogP contribution in [0.3, 0.4) is 0 Å². The molecule has 1 aromatic heterocycles. The Morgan fingerprint density at radius 3 is 3.00 bits per heavy atom. The molecule has 0 saturated heterocycles. The normalized spacial score (nSPS) is 13.3. The molecule has 1 atom stereocenters. The van der Waals surface area contributed by atoms with Crippen molar-refractivity contribution in [1.29, 1.82) is 0 Å². The molecular weight excluding hydrogens is 210 g/mol. The van der Waals surface area contributed by atoms with Gasteiger partial charge in [-0.2, -0.15) is 0 Å². The number of halogens is 1. The van der Waals surface area contributed by atoms with Gasteiger partial charge in [-0.1, -0.05) is 11.6 Å². The summed E-state index contributed by atoms with van der Waals surface area (Å²) in [5.41, 5.74) is 2.09. The van der Waals surface area contributed by atoms with Crippen molar-refractivity contribution < 1.29 is 4.42 Å². The van der Waals surface area contributed by atoms with Gasteiger partial charge in [-0.3, -0.25) is 0 Å². The molecule has 1 heterocycles. The van der Waals surface area contributed by atoms with Crippen LogP contribution in [0.2, 0.25) is 5.02 Å². The lowest BCUT2D eigenvalue weighted by Crippen LogP contribution is -2.23. The Bertz CT molecular complexity index is 464. The summed E-state index contributed by atoms with van der Waals surface area (Å²) in [6.07, 6.45) is 2.78. The molecular formula is C12H14ClNO. The molecule has 0 spiro atoms. The minimum atomic E-state index is 0.446. The van der Waals surface area contributed by atoms with E-state index in [0.717, 1.165) is 17.4 Å². The van der Waals surface area contributed by atoms with Gasteiger partial charge in [0.1, 0.15) is 5.58 Å². The topological polar surface area (TPSA) is 25.2 Å². The summed E-state index contributed by atoms with van der Waals surface area (Å²) in [6, 6.07) is 6.21. The highest BCUT2D eigenvalue weighted by atomic mass is 35.5. The minimum Gasteiger partial charge on any atom is -0.464 e. The molecule has 0 aliphatic rings. The van der Waals surface area contributed by atoms with Gasteiger partial charge in [0.05, 0.1) is 6.26 Å². The van der Waals surface area contributed by atoms with Crippen LogP contribution in [-0.2, 0) is 6.42 Å². The number of rotatable bonds is 3. The molecule has 1 N–H and O–H groups in total. The van der Waals surface area contributed by atoms with Gasteiger partial charge < -0.3 is 9.73 Å². The van der Waals surface area contributed by atoms with Crippen LogP contribution in [0.1, 0.15) is 12.5 Å². The molecule has 1 aromatic carbocycles. The predicted molar refractivity (Wildman–Crippen MR) is 63.4 cm³/mol. The van der Waals surface area contributed by atoms with E-state index >= 15 is 0 Å². The van der Waals surface area contributed by atoms with E-state index in [4.69, 9.17) is 16.0 Å². The Morgan fingerprint density at radius 2 is 2.27 bits per heavy atom. The quantitative estimate of drug-likeness (QED) is 0.864. The molecule has 0 bridgehead atoms. The zero-order valence-corrected chi connectivity index (χ0v) is 9.64. The van der Waals surface area contributed by atoms with Gasteiger partial charge in [0.15, 0.2) is 0 Å². The van der Waals surface area contributed by atoms with Gasteiger partial charge in [-0.15, -0.1) is 0 Å². The number of furan rings is 1. The summed E-state index contributed by atoms with van der Waals surface area (Å²) in [4.78, 5) is 0. The van der Waals surface area contributed by atoms with E-state index in [1.54, 1.807) is 0 Å². The summed E-state index contributed by atoms with van der Waals surface area (Å²) >= 11 is 5.89.